The Morgan fingerprint density at radius 2 is 1.88 bits per heavy atom. The average molecular weight is 454 g/mol. The van der Waals surface area contributed by atoms with Crippen LogP contribution in [0.3, 0.4) is 0 Å². The second kappa shape index (κ2) is 10.7. The fourth-order valence-corrected chi connectivity index (χ4v) is 3.72. The molecule has 0 bridgehead atoms. The van der Waals surface area contributed by atoms with Crippen molar-refractivity contribution in [3.63, 3.8) is 0 Å². The van der Waals surface area contributed by atoms with E-state index in [9.17, 15) is 24.8 Å². The number of nitrogens with zero attached hydrogens (tertiary/aromatic N) is 2. The molecule has 1 unspecified atom stereocenters. The van der Waals surface area contributed by atoms with Crippen LogP contribution in [0.2, 0.25) is 0 Å². The molecule has 0 aromatic heterocycles. The van der Waals surface area contributed by atoms with E-state index in [2.05, 4.69) is 0 Å². The van der Waals surface area contributed by atoms with Gasteiger partial charge in [-0.3, -0.25) is 19.7 Å². The first-order chi connectivity index (χ1) is 15.9. The number of rotatable bonds is 10. The third-order valence-corrected chi connectivity index (χ3v) is 5.29. The van der Waals surface area contributed by atoms with Gasteiger partial charge in [0, 0.05) is 38.0 Å². The van der Waals surface area contributed by atoms with Crippen LogP contribution in [0.1, 0.15) is 36.9 Å². The minimum atomic E-state index is -0.846. The summed E-state index contributed by atoms with van der Waals surface area (Å²) in [4.78, 5) is 37.8. The number of carbonyl (C=O) groups excluding carboxylic acids is 2. The van der Waals surface area contributed by atoms with E-state index in [1.165, 1.54) is 29.2 Å². The highest BCUT2D eigenvalue weighted by atomic mass is 16.6. The number of likely N-dealkylation sites (tertiary alicyclic amines) is 1. The number of nitro groups is 1. The summed E-state index contributed by atoms with van der Waals surface area (Å²) < 4.78 is 10.7. The van der Waals surface area contributed by atoms with E-state index in [-0.39, 0.29) is 23.4 Å². The lowest BCUT2D eigenvalue weighted by Gasteiger charge is -2.25. The summed E-state index contributed by atoms with van der Waals surface area (Å²) >= 11 is 0. The molecule has 9 heteroatoms. The number of aliphatic hydroxyl groups excluding tert-OH is 1. The van der Waals surface area contributed by atoms with E-state index in [1.807, 2.05) is 6.92 Å². The van der Waals surface area contributed by atoms with Crippen LogP contribution in [0.25, 0.3) is 5.76 Å². The van der Waals surface area contributed by atoms with Crippen molar-refractivity contribution in [1.29, 1.82) is 0 Å². The smallest absolute Gasteiger partial charge is 0.295 e. The lowest BCUT2D eigenvalue weighted by Crippen LogP contribution is -2.31. The maximum absolute atomic E-state index is 13.0. The maximum Gasteiger partial charge on any atom is 0.295 e. The van der Waals surface area contributed by atoms with Gasteiger partial charge in [-0.25, -0.2) is 0 Å². The van der Waals surface area contributed by atoms with E-state index in [1.54, 1.807) is 31.4 Å². The minimum Gasteiger partial charge on any atom is -0.507 e. The van der Waals surface area contributed by atoms with Gasteiger partial charge in [-0.15, -0.1) is 0 Å². The molecule has 1 aliphatic rings. The minimum absolute atomic E-state index is 0.0898. The molecule has 1 N–H and O–H groups in total. The maximum atomic E-state index is 13.0. The van der Waals surface area contributed by atoms with Gasteiger partial charge in [0.1, 0.15) is 11.5 Å². The van der Waals surface area contributed by atoms with Crippen molar-refractivity contribution in [1.82, 2.24) is 4.90 Å². The van der Waals surface area contributed by atoms with E-state index in [0.29, 0.717) is 30.9 Å². The number of nitro benzene ring substituents is 1. The molecule has 33 heavy (non-hydrogen) atoms. The third kappa shape index (κ3) is 5.20. The van der Waals surface area contributed by atoms with Crippen LogP contribution >= 0.6 is 0 Å². The van der Waals surface area contributed by atoms with Crippen molar-refractivity contribution in [2.24, 2.45) is 0 Å². The van der Waals surface area contributed by atoms with Crippen LogP contribution in [0.15, 0.2) is 54.1 Å². The highest BCUT2D eigenvalue weighted by Crippen LogP contribution is 2.40. The average Bonchev–Trinajstić information content (AvgIpc) is 3.08. The monoisotopic (exact) mass is 454 g/mol. The van der Waals surface area contributed by atoms with E-state index in [0.717, 1.165) is 6.42 Å². The molecule has 9 nitrogen and oxygen atoms in total. The number of carbonyl (C=O) groups is 2. The number of hydrogen-bond acceptors (Lipinski definition) is 7. The summed E-state index contributed by atoms with van der Waals surface area (Å²) in [5, 5.41) is 22.2. The summed E-state index contributed by atoms with van der Waals surface area (Å²) in [7, 11) is 1.54. The first kappa shape index (κ1) is 23.9. The van der Waals surface area contributed by atoms with Crippen LogP contribution in [-0.2, 0) is 14.3 Å². The lowest BCUT2D eigenvalue weighted by atomic mass is 9.95. The Balaban J connectivity index is 2.08. The van der Waals surface area contributed by atoms with Crippen LogP contribution < -0.4 is 4.74 Å². The number of benzene rings is 2. The summed E-state index contributed by atoms with van der Waals surface area (Å²) in [6.07, 6.45) is 1.35. The molecule has 174 valence electrons. The molecule has 1 aliphatic heterocycles. The second-order valence-corrected chi connectivity index (χ2v) is 7.56. The number of aliphatic hydroxyl groups is 1. The molecule has 1 saturated heterocycles. The van der Waals surface area contributed by atoms with Crippen LogP contribution in [0.4, 0.5) is 5.69 Å². The van der Waals surface area contributed by atoms with Gasteiger partial charge in [0.25, 0.3) is 17.4 Å². The standard InChI is InChI=1S/C24H26N2O7/c1-3-13-33-19-10-8-16(9-11-19)21-20(23(28)24(29)25(21)12-5-14-32-2)22(27)17-6-4-7-18(15-17)26(30)31/h4,6-11,15,21,27H,3,5,12-14H2,1-2H3/b22-20-. The predicted molar refractivity (Wildman–Crippen MR) is 121 cm³/mol. The molecule has 3 rings (SSSR count). The number of amides is 1. The Labute approximate surface area is 191 Å². The Hall–Kier alpha value is -3.72. The van der Waals surface area contributed by atoms with Crippen molar-refractivity contribution in [2.45, 2.75) is 25.8 Å². The Morgan fingerprint density at radius 1 is 1.15 bits per heavy atom. The van der Waals surface area contributed by atoms with Gasteiger partial charge in [-0.2, -0.15) is 0 Å². The van der Waals surface area contributed by atoms with Gasteiger partial charge < -0.3 is 19.5 Å². The number of hydrogen-bond donors (Lipinski definition) is 1. The van der Waals surface area contributed by atoms with Crippen molar-refractivity contribution < 1.29 is 29.1 Å². The van der Waals surface area contributed by atoms with E-state index in [4.69, 9.17) is 9.47 Å². The zero-order valence-electron chi connectivity index (χ0n) is 18.5. The third-order valence-electron chi connectivity index (χ3n) is 5.29. The quantitative estimate of drug-likeness (QED) is 0.145. The number of non-ortho nitro benzene ring substituents is 1. The lowest BCUT2D eigenvalue weighted by molar-refractivity contribution is -0.384. The molecule has 2 aromatic carbocycles. The van der Waals surface area contributed by atoms with Gasteiger partial charge in [-0.05, 0) is 30.5 Å². The number of methoxy groups -OCH3 is 1. The van der Waals surface area contributed by atoms with Crippen molar-refractivity contribution >= 4 is 23.1 Å². The van der Waals surface area contributed by atoms with Crippen LogP contribution in [0.5, 0.6) is 5.75 Å². The Kier molecular flexibility index (Phi) is 7.78. The fraction of sp³-hybridized carbons (Fsp3) is 0.333. The topological polar surface area (TPSA) is 119 Å². The Bertz CT molecular complexity index is 1060. The summed E-state index contributed by atoms with van der Waals surface area (Å²) in [5.74, 6) is -1.39. The van der Waals surface area contributed by atoms with E-state index < -0.39 is 28.4 Å². The normalized spacial score (nSPS) is 17.4. The van der Waals surface area contributed by atoms with E-state index >= 15 is 0 Å². The molecular formula is C24H26N2O7. The summed E-state index contributed by atoms with van der Waals surface area (Å²) in [6, 6.07) is 11.5. The molecule has 0 saturated carbocycles. The van der Waals surface area contributed by atoms with Crippen LogP contribution in [-0.4, -0.2) is 53.5 Å². The highest BCUT2D eigenvalue weighted by molar-refractivity contribution is 6.46. The number of ketones is 1. The molecule has 1 atom stereocenters. The fourth-order valence-electron chi connectivity index (χ4n) is 3.72. The molecule has 0 aliphatic carbocycles. The van der Waals surface area contributed by atoms with Gasteiger partial charge in [0.05, 0.1) is 23.1 Å². The highest BCUT2D eigenvalue weighted by Gasteiger charge is 2.45. The number of ether oxygens (including phenoxy) is 2. The molecule has 0 radical (unpaired) electrons. The SMILES string of the molecule is CCCOc1ccc(C2/C(=C(/O)c3cccc([N+](=O)[O-])c3)C(=O)C(=O)N2CCCOC)cc1. The molecule has 2 aromatic rings. The largest absolute Gasteiger partial charge is 0.507 e. The molecule has 1 amide bonds. The van der Waals surface area contributed by atoms with Crippen molar-refractivity contribution in [3.8, 4) is 5.75 Å². The number of Topliss-reactive ketones (excluding diaryl/α,β-unsaturated/α-hetero) is 1. The van der Waals surface area contributed by atoms with Gasteiger partial charge in [0.15, 0.2) is 0 Å². The van der Waals surface area contributed by atoms with Gasteiger partial charge in [-0.1, -0.05) is 31.2 Å². The Morgan fingerprint density at radius 3 is 2.52 bits per heavy atom. The first-order valence-corrected chi connectivity index (χ1v) is 10.6. The van der Waals surface area contributed by atoms with Gasteiger partial charge in [0.2, 0.25) is 0 Å². The van der Waals surface area contributed by atoms with Crippen LogP contribution in [0, 0.1) is 10.1 Å². The zero-order valence-corrected chi connectivity index (χ0v) is 18.5. The first-order valence-electron chi connectivity index (χ1n) is 10.6. The second-order valence-electron chi connectivity index (χ2n) is 7.56. The molecule has 0 spiro atoms. The predicted octanol–water partition coefficient (Wildman–Crippen LogP) is 3.84. The summed E-state index contributed by atoms with van der Waals surface area (Å²) in [6.45, 7) is 3.19. The summed E-state index contributed by atoms with van der Waals surface area (Å²) in [5.41, 5.74) is 0.358. The molecule has 1 fully saturated rings. The molecular weight excluding hydrogens is 428 g/mol. The molecule has 1 heterocycles. The zero-order chi connectivity index (χ0) is 24.0. The van der Waals surface area contributed by atoms with Gasteiger partial charge >= 0.3 is 0 Å². The van der Waals surface area contributed by atoms with Crippen molar-refractivity contribution in [2.75, 3.05) is 26.9 Å². The van der Waals surface area contributed by atoms with Crippen molar-refractivity contribution in [3.05, 3.63) is 75.3 Å².